The van der Waals surface area contributed by atoms with Crippen molar-refractivity contribution in [3.05, 3.63) is 0 Å². The lowest BCUT2D eigenvalue weighted by Gasteiger charge is -2.37. The van der Waals surface area contributed by atoms with Crippen LogP contribution in [0.5, 0.6) is 0 Å². The van der Waals surface area contributed by atoms with Crippen LogP contribution in [-0.2, 0) is 9.59 Å². The van der Waals surface area contributed by atoms with Crippen LogP contribution in [0, 0.1) is 11.3 Å². The summed E-state index contributed by atoms with van der Waals surface area (Å²) in [6.45, 7) is 2.87. The summed E-state index contributed by atoms with van der Waals surface area (Å²) in [6.07, 6.45) is 10.9. The summed E-state index contributed by atoms with van der Waals surface area (Å²) in [7, 11) is 0. The van der Waals surface area contributed by atoms with Crippen LogP contribution in [0.15, 0.2) is 0 Å². The molecule has 0 spiro atoms. The minimum Gasteiger partial charge on any atom is -0.481 e. The zero-order chi connectivity index (χ0) is 15.3. The van der Waals surface area contributed by atoms with Gasteiger partial charge in [0.2, 0.25) is 5.91 Å². The number of likely N-dealkylation sites (tertiary alicyclic amines) is 1. The van der Waals surface area contributed by atoms with E-state index in [2.05, 4.69) is 0 Å². The first-order valence-electron chi connectivity index (χ1n) is 8.52. The Kier molecular flexibility index (Phi) is 5.65. The van der Waals surface area contributed by atoms with E-state index in [4.69, 9.17) is 0 Å². The summed E-state index contributed by atoms with van der Waals surface area (Å²) in [5, 5.41) is 9.31. The van der Waals surface area contributed by atoms with Gasteiger partial charge >= 0.3 is 5.97 Å². The fourth-order valence-corrected chi connectivity index (χ4v) is 3.80. The highest BCUT2D eigenvalue weighted by Crippen LogP contribution is 2.31. The molecule has 2 aliphatic rings. The van der Waals surface area contributed by atoms with Gasteiger partial charge < -0.3 is 10.0 Å². The van der Waals surface area contributed by atoms with Crippen LogP contribution in [0.4, 0.5) is 0 Å². The Bertz CT molecular complexity index is 376. The average molecular weight is 295 g/mol. The van der Waals surface area contributed by atoms with Gasteiger partial charge in [-0.1, -0.05) is 32.1 Å². The monoisotopic (exact) mass is 295 g/mol. The predicted octanol–water partition coefficient (Wildman–Crippen LogP) is 3.45. The van der Waals surface area contributed by atoms with Crippen molar-refractivity contribution < 1.29 is 14.7 Å². The zero-order valence-corrected chi connectivity index (χ0v) is 13.3. The van der Waals surface area contributed by atoms with E-state index in [-0.39, 0.29) is 5.91 Å². The fourth-order valence-electron chi connectivity index (χ4n) is 3.80. The number of piperidine rings is 1. The molecule has 1 amide bonds. The zero-order valence-electron chi connectivity index (χ0n) is 13.3. The highest BCUT2D eigenvalue weighted by molar-refractivity contribution is 5.79. The molecule has 1 atom stereocenters. The number of carbonyl (C=O) groups excluding carboxylic acids is 1. The number of hydrogen-bond donors (Lipinski definition) is 1. The van der Waals surface area contributed by atoms with Gasteiger partial charge in [-0.3, -0.25) is 9.59 Å². The maximum Gasteiger partial charge on any atom is 0.311 e. The smallest absolute Gasteiger partial charge is 0.311 e. The van der Waals surface area contributed by atoms with Gasteiger partial charge in [-0.05, 0) is 38.5 Å². The quantitative estimate of drug-likeness (QED) is 0.845. The molecule has 0 aromatic carbocycles. The normalized spacial score (nSPS) is 27.6. The number of aliphatic carboxylic acids is 1. The molecule has 4 nitrogen and oxygen atoms in total. The first-order chi connectivity index (χ1) is 10.0. The van der Waals surface area contributed by atoms with E-state index in [1.807, 2.05) is 0 Å². The minimum absolute atomic E-state index is 0.151. The topological polar surface area (TPSA) is 57.6 Å². The van der Waals surface area contributed by atoms with Gasteiger partial charge in [0.25, 0.3) is 0 Å². The maximum atomic E-state index is 12.3. The average Bonchev–Trinajstić information content (AvgIpc) is 2.48. The Morgan fingerprint density at radius 1 is 1.19 bits per heavy atom. The van der Waals surface area contributed by atoms with Crippen molar-refractivity contribution in [3.63, 3.8) is 0 Å². The number of rotatable bonds is 5. The number of carboxylic acids is 1. The van der Waals surface area contributed by atoms with Gasteiger partial charge in [0.05, 0.1) is 5.41 Å². The van der Waals surface area contributed by atoms with E-state index in [9.17, 15) is 14.7 Å². The van der Waals surface area contributed by atoms with Crippen LogP contribution in [0.3, 0.4) is 0 Å². The molecule has 4 heteroatoms. The standard InChI is InChI=1S/C17H29NO3/c1-17(16(20)21)11-6-12-18(13-17)15(19)10-5-9-14-7-3-2-4-8-14/h14H,2-13H2,1H3,(H,20,21). The third-order valence-corrected chi connectivity index (χ3v) is 5.29. The van der Waals surface area contributed by atoms with Crippen LogP contribution in [0.1, 0.15) is 71.1 Å². The summed E-state index contributed by atoms with van der Waals surface area (Å²) in [5.41, 5.74) is -0.753. The molecule has 0 aromatic rings. The summed E-state index contributed by atoms with van der Waals surface area (Å²) < 4.78 is 0. The summed E-state index contributed by atoms with van der Waals surface area (Å²) in [4.78, 5) is 25.4. The Hall–Kier alpha value is -1.06. The third kappa shape index (κ3) is 4.45. The second kappa shape index (κ2) is 7.28. The molecule has 1 saturated carbocycles. The third-order valence-electron chi connectivity index (χ3n) is 5.29. The predicted molar refractivity (Wildman–Crippen MR) is 82.0 cm³/mol. The van der Waals surface area contributed by atoms with Gasteiger partial charge in [0.1, 0.15) is 0 Å². The van der Waals surface area contributed by atoms with Crippen LogP contribution in [0.25, 0.3) is 0 Å². The largest absolute Gasteiger partial charge is 0.481 e. The van der Waals surface area contributed by atoms with Gasteiger partial charge in [0, 0.05) is 19.5 Å². The van der Waals surface area contributed by atoms with E-state index < -0.39 is 11.4 Å². The lowest BCUT2D eigenvalue weighted by atomic mass is 9.82. The van der Waals surface area contributed by atoms with E-state index >= 15 is 0 Å². The highest BCUT2D eigenvalue weighted by atomic mass is 16.4. The fraction of sp³-hybridized carbons (Fsp3) is 0.882. The molecule has 1 unspecified atom stereocenters. The van der Waals surface area contributed by atoms with Crippen molar-refractivity contribution in [2.24, 2.45) is 11.3 Å². The molecule has 21 heavy (non-hydrogen) atoms. The first-order valence-corrected chi connectivity index (χ1v) is 8.52. The van der Waals surface area contributed by atoms with Crippen molar-refractivity contribution in [3.8, 4) is 0 Å². The molecular weight excluding hydrogens is 266 g/mol. The summed E-state index contributed by atoms with van der Waals surface area (Å²) in [5.74, 6) is 0.192. The molecule has 0 aromatic heterocycles. The Morgan fingerprint density at radius 3 is 2.57 bits per heavy atom. The summed E-state index contributed by atoms with van der Waals surface area (Å²) >= 11 is 0. The Morgan fingerprint density at radius 2 is 1.90 bits per heavy atom. The molecular formula is C17H29NO3. The second-order valence-electron chi connectivity index (χ2n) is 7.18. The van der Waals surface area contributed by atoms with Crippen molar-refractivity contribution >= 4 is 11.9 Å². The van der Waals surface area contributed by atoms with Gasteiger partial charge in [0.15, 0.2) is 0 Å². The summed E-state index contributed by atoms with van der Waals surface area (Å²) in [6, 6.07) is 0. The number of nitrogens with zero attached hydrogens (tertiary/aromatic N) is 1. The van der Waals surface area contributed by atoms with Crippen LogP contribution in [-0.4, -0.2) is 35.0 Å². The SMILES string of the molecule is CC1(C(=O)O)CCCN(C(=O)CCCC2CCCCC2)C1. The minimum atomic E-state index is -0.776. The number of amides is 1. The molecule has 1 heterocycles. The maximum absolute atomic E-state index is 12.3. The second-order valence-corrected chi connectivity index (χ2v) is 7.18. The number of carboxylic acid groups (broad SMARTS) is 1. The molecule has 1 saturated heterocycles. The Balaban J connectivity index is 1.73. The van der Waals surface area contributed by atoms with Gasteiger partial charge in [-0.25, -0.2) is 0 Å². The van der Waals surface area contributed by atoms with Crippen molar-refractivity contribution in [1.29, 1.82) is 0 Å². The number of hydrogen-bond acceptors (Lipinski definition) is 2. The van der Waals surface area contributed by atoms with Crippen molar-refractivity contribution in [2.75, 3.05) is 13.1 Å². The number of carbonyl (C=O) groups is 2. The molecule has 1 aliphatic carbocycles. The van der Waals surface area contributed by atoms with Crippen molar-refractivity contribution in [1.82, 2.24) is 4.90 Å². The first kappa shape index (κ1) is 16.3. The molecule has 2 fully saturated rings. The van der Waals surface area contributed by atoms with E-state index in [1.54, 1.807) is 11.8 Å². The van der Waals surface area contributed by atoms with Crippen LogP contribution < -0.4 is 0 Å². The van der Waals surface area contributed by atoms with Gasteiger partial charge in [-0.2, -0.15) is 0 Å². The molecule has 0 bridgehead atoms. The lowest BCUT2D eigenvalue weighted by Crippen LogP contribution is -2.48. The van der Waals surface area contributed by atoms with E-state index in [1.165, 1.54) is 32.1 Å². The highest BCUT2D eigenvalue weighted by Gasteiger charge is 2.39. The van der Waals surface area contributed by atoms with E-state index in [0.29, 0.717) is 19.4 Å². The Labute approximate surface area is 127 Å². The van der Waals surface area contributed by atoms with E-state index in [0.717, 1.165) is 31.7 Å². The van der Waals surface area contributed by atoms with Crippen molar-refractivity contribution in [2.45, 2.75) is 71.1 Å². The lowest BCUT2D eigenvalue weighted by molar-refractivity contribution is -0.153. The van der Waals surface area contributed by atoms with Crippen LogP contribution >= 0.6 is 0 Å². The van der Waals surface area contributed by atoms with Crippen LogP contribution in [0.2, 0.25) is 0 Å². The van der Waals surface area contributed by atoms with Gasteiger partial charge in [-0.15, -0.1) is 0 Å². The molecule has 1 aliphatic heterocycles. The molecule has 120 valence electrons. The molecule has 0 radical (unpaired) electrons. The molecule has 2 rings (SSSR count). The molecule has 1 N–H and O–H groups in total.